The van der Waals surface area contributed by atoms with Crippen LogP contribution in [-0.4, -0.2) is 38.9 Å². The maximum Gasteiger partial charge on any atom is 0.338 e. The van der Waals surface area contributed by atoms with Gasteiger partial charge in [-0.1, -0.05) is 18.2 Å². The highest BCUT2D eigenvalue weighted by Crippen LogP contribution is 2.20. The number of hydrogen-bond acceptors (Lipinski definition) is 7. The monoisotopic (exact) mass is 433 g/mol. The summed E-state index contributed by atoms with van der Waals surface area (Å²) in [5.74, 6) is -1.75. The van der Waals surface area contributed by atoms with Gasteiger partial charge in [0.1, 0.15) is 0 Å². The number of esters is 1. The summed E-state index contributed by atoms with van der Waals surface area (Å²) in [4.78, 5) is 34.5. The third-order valence-electron chi connectivity index (χ3n) is 3.83. The minimum atomic E-state index is -3.52. The summed E-state index contributed by atoms with van der Waals surface area (Å²) in [6.45, 7) is 3.56. The molecule has 2 aromatic carbocycles. The van der Waals surface area contributed by atoms with Crippen molar-refractivity contribution in [2.75, 3.05) is 19.0 Å². The molecule has 11 heteroatoms. The summed E-state index contributed by atoms with van der Waals surface area (Å²) >= 11 is 0. The Hall–Kier alpha value is -3.57. The summed E-state index contributed by atoms with van der Waals surface area (Å²) in [6.07, 6.45) is 1.43. The van der Waals surface area contributed by atoms with Crippen molar-refractivity contribution in [3.63, 3.8) is 0 Å². The molecule has 0 aromatic heterocycles. The lowest BCUT2D eigenvalue weighted by atomic mass is 10.1. The summed E-state index contributed by atoms with van der Waals surface area (Å²) < 4.78 is 30.7. The van der Waals surface area contributed by atoms with Gasteiger partial charge in [-0.25, -0.2) is 17.9 Å². The van der Waals surface area contributed by atoms with Crippen LogP contribution in [0.2, 0.25) is 0 Å². The number of sulfonamides is 1. The van der Waals surface area contributed by atoms with Crippen LogP contribution in [0.4, 0.5) is 11.4 Å². The van der Waals surface area contributed by atoms with Crippen LogP contribution in [0.25, 0.3) is 0 Å². The number of nitro groups is 1. The lowest BCUT2D eigenvalue weighted by Gasteiger charge is -2.09. The lowest BCUT2D eigenvalue weighted by Crippen LogP contribution is -2.25. The van der Waals surface area contributed by atoms with Crippen molar-refractivity contribution < 1.29 is 27.7 Å². The number of rotatable bonds is 9. The number of ether oxygens (including phenoxy) is 1. The summed E-state index contributed by atoms with van der Waals surface area (Å²) in [6, 6.07) is 9.27. The molecule has 2 aromatic rings. The van der Waals surface area contributed by atoms with Crippen LogP contribution in [0.15, 0.2) is 55.1 Å². The highest BCUT2D eigenvalue weighted by Gasteiger charge is 2.18. The molecule has 0 bridgehead atoms. The van der Waals surface area contributed by atoms with Crippen LogP contribution >= 0.6 is 0 Å². The van der Waals surface area contributed by atoms with E-state index in [1.807, 2.05) is 0 Å². The molecule has 0 aliphatic carbocycles. The molecular weight excluding hydrogens is 414 g/mol. The van der Waals surface area contributed by atoms with Gasteiger partial charge in [0.15, 0.2) is 0 Å². The van der Waals surface area contributed by atoms with E-state index in [9.17, 15) is 28.1 Å². The number of carbonyl (C=O) groups is 2. The molecule has 158 valence electrons. The van der Waals surface area contributed by atoms with E-state index in [2.05, 4.69) is 21.4 Å². The number of nitro benzene ring substituents is 1. The predicted molar refractivity (Wildman–Crippen MR) is 110 cm³/mol. The zero-order valence-corrected chi connectivity index (χ0v) is 16.8. The lowest BCUT2D eigenvalue weighted by molar-refractivity contribution is -0.384. The number of methoxy groups -OCH3 is 1. The molecule has 0 fully saturated rings. The molecule has 0 atom stereocenters. The van der Waals surface area contributed by atoms with E-state index < -0.39 is 32.5 Å². The van der Waals surface area contributed by atoms with Crippen LogP contribution in [-0.2, 0) is 20.5 Å². The SMILES string of the molecule is C=CCNS(=O)(=O)Cc1ccc(NC(=O)c2cc(C(=O)OC)cc([N+](=O)[O-])c2)cc1. The van der Waals surface area contributed by atoms with Crippen molar-refractivity contribution in [2.24, 2.45) is 0 Å². The van der Waals surface area contributed by atoms with Crippen molar-refractivity contribution in [1.82, 2.24) is 4.72 Å². The van der Waals surface area contributed by atoms with Gasteiger partial charge in [-0.05, 0) is 23.8 Å². The second-order valence-corrected chi connectivity index (χ2v) is 7.87. The maximum atomic E-state index is 12.5. The van der Waals surface area contributed by atoms with Crippen molar-refractivity contribution in [1.29, 1.82) is 0 Å². The minimum absolute atomic E-state index is 0.107. The quantitative estimate of drug-likeness (QED) is 0.267. The van der Waals surface area contributed by atoms with E-state index in [1.54, 1.807) is 0 Å². The van der Waals surface area contributed by atoms with Crippen LogP contribution in [0.5, 0.6) is 0 Å². The summed E-state index contributed by atoms with van der Waals surface area (Å²) in [7, 11) is -2.40. The Labute approximate surface area is 172 Å². The molecule has 2 rings (SSSR count). The van der Waals surface area contributed by atoms with Gasteiger partial charge >= 0.3 is 5.97 Å². The van der Waals surface area contributed by atoms with Crippen LogP contribution in [0, 0.1) is 10.1 Å². The molecule has 0 radical (unpaired) electrons. The molecule has 2 N–H and O–H groups in total. The van der Waals surface area contributed by atoms with E-state index >= 15 is 0 Å². The number of hydrogen-bond donors (Lipinski definition) is 2. The van der Waals surface area contributed by atoms with Crippen LogP contribution in [0.1, 0.15) is 26.3 Å². The van der Waals surface area contributed by atoms with Crippen molar-refractivity contribution in [3.8, 4) is 0 Å². The van der Waals surface area contributed by atoms with Gasteiger partial charge in [0, 0.05) is 29.9 Å². The maximum absolute atomic E-state index is 12.5. The normalized spacial score (nSPS) is 10.8. The second-order valence-electron chi connectivity index (χ2n) is 6.06. The van der Waals surface area contributed by atoms with E-state index in [-0.39, 0.29) is 23.4 Å². The molecule has 10 nitrogen and oxygen atoms in total. The fourth-order valence-corrected chi connectivity index (χ4v) is 3.53. The number of carbonyl (C=O) groups excluding carboxylic acids is 2. The Balaban J connectivity index is 2.18. The average Bonchev–Trinajstić information content (AvgIpc) is 2.72. The van der Waals surface area contributed by atoms with Crippen molar-refractivity contribution >= 4 is 33.3 Å². The Morgan fingerprint density at radius 2 is 1.80 bits per heavy atom. The largest absolute Gasteiger partial charge is 0.465 e. The molecule has 0 heterocycles. The molecule has 0 aliphatic rings. The Kier molecular flexibility index (Phi) is 7.39. The number of benzene rings is 2. The molecule has 30 heavy (non-hydrogen) atoms. The van der Waals surface area contributed by atoms with Crippen LogP contribution < -0.4 is 10.0 Å². The number of anilines is 1. The van der Waals surface area contributed by atoms with Crippen LogP contribution in [0.3, 0.4) is 0 Å². The van der Waals surface area contributed by atoms with Gasteiger partial charge in [0.25, 0.3) is 11.6 Å². The van der Waals surface area contributed by atoms with Gasteiger partial charge < -0.3 is 10.1 Å². The van der Waals surface area contributed by atoms with E-state index in [0.29, 0.717) is 11.3 Å². The first-order valence-electron chi connectivity index (χ1n) is 8.51. The molecule has 0 aliphatic heterocycles. The van der Waals surface area contributed by atoms with Gasteiger partial charge in [0.2, 0.25) is 10.0 Å². The zero-order chi connectivity index (χ0) is 22.3. The fraction of sp³-hybridized carbons (Fsp3) is 0.158. The first kappa shape index (κ1) is 22.7. The highest BCUT2D eigenvalue weighted by atomic mass is 32.2. The van der Waals surface area contributed by atoms with Crippen molar-refractivity contribution in [2.45, 2.75) is 5.75 Å². The highest BCUT2D eigenvalue weighted by molar-refractivity contribution is 7.88. The Bertz CT molecular complexity index is 1080. The standard InChI is InChI=1S/C19H19N3O7S/c1-3-8-20-30(27,28)12-13-4-6-16(7-5-13)21-18(23)14-9-15(19(24)29-2)11-17(10-14)22(25)26/h3-7,9-11,20H,1,8,12H2,2H3,(H,21,23). The number of nitrogens with zero attached hydrogens (tertiary/aromatic N) is 1. The van der Waals surface area contributed by atoms with Gasteiger partial charge in [-0.3, -0.25) is 14.9 Å². The average molecular weight is 433 g/mol. The molecule has 1 amide bonds. The minimum Gasteiger partial charge on any atom is -0.465 e. The number of amides is 1. The first-order chi connectivity index (χ1) is 14.1. The first-order valence-corrected chi connectivity index (χ1v) is 10.2. The van der Waals surface area contributed by atoms with Gasteiger partial charge in [-0.2, -0.15) is 0 Å². The molecular formula is C19H19N3O7S. The second kappa shape index (κ2) is 9.76. The van der Waals surface area contributed by atoms with E-state index in [0.717, 1.165) is 19.2 Å². The molecule has 0 spiro atoms. The summed E-state index contributed by atoms with van der Waals surface area (Å²) in [5.41, 5.74) is 0.157. The van der Waals surface area contributed by atoms with Crippen molar-refractivity contribution in [3.05, 3.63) is 81.9 Å². The Morgan fingerprint density at radius 3 is 2.37 bits per heavy atom. The molecule has 0 saturated carbocycles. The predicted octanol–water partition coefficient (Wildman–Crippen LogP) is 2.24. The molecule has 0 saturated heterocycles. The third kappa shape index (κ3) is 6.22. The van der Waals surface area contributed by atoms with E-state index in [4.69, 9.17) is 0 Å². The topological polar surface area (TPSA) is 145 Å². The number of non-ortho nitro benzene ring substituents is 1. The molecule has 0 unspecified atom stereocenters. The van der Waals surface area contributed by atoms with Gasteiger partial charge in [-0.15, -0.1) is 6.58 Å². The smallest absolute Gasteiger partial charge is 0.338 e. The fourth-order valence-electron chi connectivity index (χ4n) is 2.43. The van der Waals surface area contributed by atoms with Gasteiger partial charge in [0.05, 0.1) is 23.3 Å². The van der Waals surface area contributed by atoms with E-state index in [1.165, 1.54) is 36.4 Å². The Morgan fingerprint density at radius 1 is 1.17 bits per heavy atom. The summed E-state index contributed by atoms with van der Waals surface area (Å²) in [5, 5.41) is 13.6. The zero-order valence-electron chi connectivity index (χ0n) is 16.0. The number of nitrogens with one attached hydrogen (secondary N) is 2. The third-order valence-corrected chi connectivity index (χ3v) is 5.15.